The van der Waals surface area contributed by atoms with Crippen LogP contribution in [0, 0.1) is 39.6 Å². The van der Waals surface area contributed by atoms with Gasteiger partial charge in [-0.05, 0) is 85.9 Å². The zero-order valence-electron chi connectivity index (χ0n) is 29.9. The minimum absolute atomic E-state index is 0. The Morgan fingerprint density at radius 2 is 1.35 bits per heavy atom. The van der Waals surface area contributed by atoms with Gasteiger partial charge in [-0.1, -0.05) is 53.7 Å². The van der Waals surface area contributed by atoms with Crippen LogP contribution in [0.4, 0.5) is 5.69 Å². The molecule has 0 spiro atoms. The Hall–Kier alpha value is -4.35. The molecular weight excluding hydrogens is 788 g/mol. The van der Waals surface area contributed by atoms with Crippen molar-refractivity contribution in [1.29, 1.82) is 0 Å². The topological polar surface area (TPSA) is 67.3 Å². The predicted octanol–water partition coefficient (Wildman–Crippen LogP) is 9.52. The van der Waals surface area contributed by atoms with Crippen LogP contribution in [0.5, 0.6) is 11.5 Å². The molecule has 2 aromatic heterocycles. The summed E-state index contributed by atoms with van der Waals surface area (Å²) in [4.78, 5) is 23.6. The van der Waals surface area contributed by atoms with Crippen molar-refractivity contribution in [1.82, 2.24) is 24.8 Å². The van der Waals surface area contributed by atoms with Crippen LogP contribution in [0.2, 0.25) is 0 Å². The molecule has 7 nitrogen and oxygen atoms in total. The van der Waals surface area contributed by atoms with Crippen molar-refractivity contribution >= 4 is 5.69 Å². The summed E-state index contributed by atoms with van der Waals surface area (Å²) in [5.41, 5.74) is 8.86. The number of hydrogen-bond donors (Lipinski definition) is 0. The third-order valence-corrected chi connectivity index (χ3v) is 8.20. The monoisotopic (exact) mass is 830 g/mol. The fourth-order valence-corrected chi connectivity index (χ4v) is 5.65. The summed E-state index contributed by atoms with van der Waals surface area (Å²) >= 11 is 0. The molecule has 49 heavy (non-hydrogen) atoms. The second-order valence-corrected chi connectivity index (χ2v) is 14.6. The van der Waals surface area contributed by atoms with Gasteiger partial charge >= 0.3 is 0 Å². The van der Waals surface area contributed by atoms with E-state index in [-0.39, 0.29) is 31.9 Å². The second-order valence-electron chi connectivity index (χ2n) is 14.6. The minimum atomic E-state index is -0.199. The number of hydrogen-bond acceptors (Lipinski definition) is 7. The normalized spacial score (nSPS) is 13.1. The van der Waals surface area contributed by atoms with Crippen molar-refractivity contribution in [3.8, 4) is 45.3 Å². The molecule has 8 heteroatoms. The molecule has 1 aliphatic rings. The number of aryl methyl sites for hydroxylation is 3. The van der Waals surface area contributed by atoms with Crippen LogP contribution >= 0.6 is 0 Å². The summed E-state index contributed by atoms with van der Waals surface area (Å²) in [6, 6.07) is 25.0. The van der Waals surface area contributed by atoms with Crippen LogP contribution in [-0.2, 0) is 31.9 Å². The summed E-state index contributed by atoms with van der Waals surface area (Å²) in [5, 5.41) is 0. The van der Waals surface area contributed by atoms with Crippen molar-refractivity contribution in [2.24, 2.45) is 0 Å². The maximum absolute atomic E-state index is 6.22. The number of ether oxygens (including phenoxy) is 1. The summed E-state index contributed by atoms with van der Waals surface area (Å²) in [6.45, 7) is 21.2. The van der Waals surface area contributed by atoms with Crippen molar-refractivity contribution in [3.05, 3.63) is 120 Å². The Balaban J connectivity index is 0.00000468. The molecule has 0 saturated carbocycles. The average molecular weight is 831 g/mol. The molecule has 0 radical (unpaired) electrons. The van der Waals surface area contributed by atoms with Crippen LogP contribution in [-0.4, -0.2) is 31.9 Å². The van der Waals surface area contributed by atoms with Gasteiger partial charge in [-0.2, -0.15) is 12.7 Å². The van der Waals surface area contributed by atoms with Crippen molar-refractivity contribution < 1.29 is 25.8 Å². The van der Waals surface area contributed by atoms with Gasteiger partial charge in [0.15, 0.2) is 5.82 Å². The molecule has 6 rings (SSSR count). The number of pyridine rings is 1. The zero-order valence-corrected chi connectivity index (χ0v) is 32.2. The van der Waals surface area contributed by atoms with Gasteiger partial charge in [0.1, 0.15) is 11.6 Å². The summed E-state index contributed by atoms with van der Waals surface area (Å²) in [5.74, 6) is 3.52. The van der Waals surface area contributed by atoms with Crippen molar-refractivity contribution in [3.63, 3.8) is 0 Å². The first-order valence-electron chi connectivity index (χ1n) is 16.3. The maximum atomic E-state index is 6.22. The maximum Gasteiger partial charge on any atom is 0.163 e. The Bertz CT molecular complexity index is 1970. The molecule has 1 aliphatic heterocycles. The van der Waals surface area contributed by atoms with Gasteiger partial charge in [-0.25, -0.2) is 15.0 Å². The molecule has 256 valence electrons. The van der Waals surface area contributed by atoms with Gasteiger partial charge in [0.05, 0.1) is 0 Å². The van der Waals surface area contributed by atoms with E-state index >= 15 is 0 Å². The summed E-state index contributed by atoms with van der Waals surface area (Å²) in [6.07, 6.45) is 5.90. The van der Waals surface area contributed by atoms with E-state index in [0.717, 1.165) is 56.4 Å². The van der Waals surface area contributed by atoms with E-state index in [0.29, 0.717) is 17.3 Å². The van der Waals surface area contributed by atoms with E-state index in [1.807, 2.05) is 78.5 Å². The Kier molecular flexibility index (Phi) is 10.2. The Morgan fingerprint density at radius 1 is 0.735 bits per heavy atom. The quantitative estimate of drug-likeness (QED) is 0.158. The fraction of sp³-hybridized carbons (Fsp3) is 0.293. The van der Waals surface area contributed by atoms with Crippen LogP contribution in [0.15, 0.2) is 73.2 Å². The Morgan fingerprint density at radius 3 is 1.94 bits per heavy atom. The molecule has 0 unspecified atom stereocenters. The van der Waals surface area contributed by atoms with E-state index in [1.165, 1.54) is 5.56 Å². The molecule has 3 heterocycles. The summed E-state index contributed by atoms with van der Waals surface area (Å²) in [7, 11) is 1.99. The number of anilines is 1. The first-order chi connectivity index (χ1) is 22.7. The van der Waals surface area contributed by atoms with E-state index in [1.54, 1.807) is 0 Å². The largest absolute Gasteiger partial charge is 0.510 e. The molecule has 0 aliphatic carbocycles. The molecule has 0 amide bonds. The molecule has 0 N–H and O–H groups in total. The smallest absolute Gasteiger partial charge is 0.163 e. The zero-order chi connectivity index (χ0) is 34.4. The second kappa shape index (κ2) is 13.9. The molecule has 5 aromatic rings. The van der Waals surface area contributed by atoms with Crippen molar-refractivity contribution in [2.75, 3.05) is 11.9 Å². The van der Waals surface area contributed by atoms with Gasteiger partial charge in [-0.15, -0.1) is 47.6 Å². The number of benzene rings is 3. The van der Waals surface area contributed by atoms with Gasteiger partial charge in [0, 0.05) is 55.2 Å². The average Bonchev–Trinajstić information content (AvgIpc) is 3.47. The standard InChI is InChI=1S/C41H43N6O.Pt/c1-26-19-30(37-43-38(40(4,5)6)45-39(44-37)41(7,8)9)20-27(2)36(26)34-23-35(42-24-28(34)3)29-13-11-15-32(21-29)48-33-16-12-14-31(22-33)47-18-17-46(10)25-47;/h11-20,23-25H,1-10H3;/q-3;. The SMILES string of the molecule is Cc1cnc(-c2[c-]c(Oc3[c-]c(N4C=CN(C)[CH-]4)ccc3)ccc2)cc1-c1c(C)cc(-c2nc(C(C)(C)C)nc(C(C)(C)C)n2)cc1C.[Pt]. The van der Waals surface area contributed by atoms with Crippen LogP contribution in [0.3, 0.4) is 0 Å². The predicted molar refractivity (Wildman–Crippen MR) is 193 cm³/mol. The number of aromatic nitrogens is 4. The first-order valence-corrected chi connectivity index (χ1v) is 16.3. The van der Waals surface area contributed by atoms with E-state index < -0.39 is 0 Å². The fourth-order valence-electron chi connectivity index (χ4n) is 5.65. The molecule has 0 fully saturated rings. The number of rotatable bonds is 6. The van der Waals surface area contributed by atoms with Crippen LogP contribution in [0.25, 0.3) is 33.8 Å². The van der Waals surface area contributed by atoms with Gasteiger partial charge in [0.25, 0.3) is 0 Å². The molecule has 0 saturated heterocycles. The van der Waals surface area contributed by atoms with E-state index in [4.69, 9.17) is 24.7 Å². The number of nitrogens with zero attached hydrogens (tertiary/aromatic N) is 6. The first kappa shape index (κ1) is 35.9. The van der Waals surface area contributed by atoms with Gasteiger partial charge in [0.2, 0.25) is 0 Å². The molecule has 0 atom stereocenters. The van der Waals surface area contributed by atoms with Crippen LogP contribution < -0.4 is 9.64 Å². The summed E-state index contributed by atoms with van der Waals surface area (Å²) < 4.78 is 6.22. The molecule has 0 bridgehead atoms. The third kappa shape index (κ3) is 7.94. The molecule has 3 aromatic carbocycles. The van der Waals surface area contributed by atoms with Crippen LogP contribution in [0.1, 0.15) is 69.9 Å². The Labute approximate surface area is 305 Å². The van der Waals surface area contributed by atoms with E-state index in [9.17, 15) is 0 Å². The van der Waals surface area contributed by atoms with Crippen molar-refractivity contribution in [2.45, 2.75) is 73.1 Å². The van der Waals surface area contributed by atoms with E-state index in [2.05, 4.69) is 92.6 Å². The third-order valence-electron chi connectivity index (χ3n) is 8.20. The van der Waals surface area contributed by atoms with Gasteiger partial charge in [-0.3, -0.25) is 0 Å². The van der Waals surface area contributed by atoms with Gasteiger partial charge < -0.3 is 19.5 Å². The molecular formula is C41H43N6OPt-3. The minimum Gasteiger partial charge on any atom is -0.510 e.